The number of esters is 1. The maximum atomic E-state index is 12.7. The van der Waals surface area contributed by atoms with Crippen LogP contribution in [0.4, 0.5) is 5.69 Å². The monoisotopic (exact) mass is 441 g/mol. The Balaban J connectivity index is 1.27. The van der Waals surface area contributed by atoms with E-state index < -0.39 is 30.1 Å². The van der Waals surface area contributed by atoms with E-state index in [1.165, 1.54) is 13.3 Å². The van der Waals surface area contributed by atoms with Crippen LogP contribution < -0.4 is 10.9 Å². The Morgan fingerprint density at radius 3 is 2.67 bits per heavy atom. The lowest BCUT2D eigenvalue weighted by Gasteiger charge is -2.14. The van der Waals surface area contributed by atoms with E-state index in [0.29, 0.717) is 16.8 Å². The molecule has 0 aliphatic heterocycles. The molecular weight excluding hydrogens is 422 g/mol. The molecule has 33 heavy (non-hydrogen) atoms. The van der Waals surface area contributed by atoms with Crippen molar-refractivity contribution in [2.24, 2.45) is 0 Å². The smallest absolute Gasteiger partial charge is 0.326 e. The fourth-order valence-electron chi connectivity index (χ4n) is 3.67. The lowest BCUT2D eigenvalue weighted by Crippen LogP contribution is -2.33. The topological polar surface area (TPSA) is 103 Å². The Morgan fingerprint density at radius 1 is 1.06 bits per heavy atom. The highest BCUT2D eigenvalue weighted by Crippen LogP contribution is 2.24. The van der Waals surface area contributed by atoms with Gasteiger partial charge in [0.25, 0.3) is 11.5 Å². The second-order valence-corrected chi connectivity index (χ2v) is 7.64. The molecule has 0 fully saturated rings. The molecule has 5 rings (SSSR count). The van der Waals surface area contributed by atoms with Crippen molar-refractivity contribution >= 4 is 50.4 Å². The van der Waals surface area contributed by atoms with Crippen molar-refractivity contribution in [3.8, 4) is 0 Å². The molecule has 8 nitrogen and oxygen atoms in total. The number of aromatic nitrogens is 2. The molecule has 164 valence electrons. The van der Waals surface area contributed by atoms with Crippen LogP contribution in [-0.4, -0.2) is 27.5 Å². The Kier molecular flexibility index (Phi) is 5.10. The third-order valence-electron chi connectivity index (χ3n) is 5.34. The first-order valence-corrected chi connectivity index (χ1v) is 10.4. The van der Waals surface area contributed by atoms with Gasteiger partial charge in [-0.25, -0.2) is 4.98 Å². The number of para-hydroxylation sites is 1. The van der Waals surface area contributed by atoms with Gasteiger partial charge in [-0.2, -0.15) is 0 Å². The van der Waals surface area contributed by atoms with Gasteiger partial charge in [0.05, 0.1) is 6.33 Å². The van der Waals surface area contributed by atoms with Crippen LogP contribution in [0.3, 0.4) is 0 Å². The zero-order valence-electron chi connectivity index (χ0n) is 17.6. The van der Waals surface area contributed by atoms with Crippen molar-refractivity contribution in [3.63, 3.8) is 0 Å². The van der Waals surface area contributed by atoms with Crippen molar-refractivity contribution in [2.45, 2.75) is 19.6 Å². The number of carbonyl (C=O) groups is 2. The van der Waals surface area contributed by atoms with Crippen LogP contribution in [0.1, 0.15) is 6.92 Å². The Morgan fingerprint density at radius 2 is 1.82 bits per heavy atom. The predicted octanol–water partition coefficient (Wildman–Crippen LogP) is 3.87. The van der Waals surface area contributed by atoms with Gasteiger partial charge in [-0.05, 0) is 42.0 Å². The number of anilines is 1. The molecule has 5 aromatic rings. The fourth-order valence-corrected chi connectivity index (χ4v) is 3.67. The van der Waals surface area contributed by atoms with E-state index in [1.807, 2.05) is 48.5 Å². The van der Waals surface area contributed by atoms with Crippen LogP contribution in [0.25, 0.3) is 32.8 Å². The summed E-state index contributed by atoms with van der Waals surface area (Å²) in [5, 5.41) is 5.49. The number of rotatable bonds is 5. The van der Waals surface area contributed by atoms with Crippen LogP contribution in [0.5, 0.6) is 0 Å². The fraction of sp³-hybridized carbons (Fsp3) is 0.120. The standard InChI is InChI=1S/C25H19N3O5/c1-15(24(30)27-18-11-10-16-6-2-3-7-17(16)12-18)32-21(29)13-28-14-26-22-19-8-4-5-9-20(19)33-23(22)25(28)31/h2-12,14-15H,13H2,1H3,(H,27,30). The SMILES string of the molecule is CC(OC(=O)Cn1cnc2c(oc3ccccc32)c1=O)C(=O)Nc1ccc2ccccc2c1. The highest BCUT2D eigenvalue weighted by molar-refractivity contribution is 6.02. The first-order chi connectivity index (χ1) is 16.0. The maximum absolute atomic E-state index is 12.7. The van der Waals surface area contributed by atoms with E-state index in [-0.39, 0.29) is 5.58 Å². The second-order valence-electron chi connectivity index (χ2n) is 7.64. The molecule has 0 spiro atoms. The third kappa shape index (κ3) is 3.94. The molecule has 0 bridgehead atoms. The Hall–Kier alpha value is -4.46. The van der Waals surface area contributed by atoms with Gasteiger partial charge in [-0.15, -0.1) is 0 Å². The maximum Gasteiger partial charge on any atom is 0.326 e. The number of furan rings is 1. The zero-order valence-corrected chi connectivity index (χ0v) is 17.6. The van der Waals surface area contributed by atoms with Gasteiger partial charge in [-0.1, -0.05) is 42.5 Å². The molecule has 8 heteroatoms. The first kappa shape index (κ1) is 20.4. The molecule has 1 unspecified atom stereocenters. The zero-order chi connectivity index (χ0) is 22.9. The van der Waals surface area contributed by atoms with E-state index in [4.69, 9.17) is 9.15 Å². The number of benzene rings is 3. The Labute approximate surface area is 187 Å². The van der Waals surface area contributed by atoms with Crippen molar-refractivity contribution in [3.05, 3.63) is 83.4 Å². The van der Waals surface area contributed by atoms with Gasteiger partial charge in [0, 0.05) is 11.1 Å². The summed E-state index contributed by atoms with van der Waals surface area (Å²) in [6.45, 7) is 1.07. The number of nitrogens with one attached hydrogen (secondary N) is 1. The Bertz CT molecular complexity index is 1580. The van der Waals surface area contributed by atoms with E-state index in [1.54, 1.807) is 18.2 Å². The molecule has 0 aliphatic carbocycles. The quantitative estimate of drug-likeness (QED) is 0.416. The highest BCUT2D eigenvalue weighted by atomic mass is 16.5. The summed E-state index contributed by atoms with van der Waals surface area (Å²) in [7, 11) is 0. The summed E-state index contributed by atoms with van der Waals surface area (Å²) >= 11 is 0. The number of fused-ring (bicyclic) bond motifs is 4. The molecule has 0 radical (unpaired) electrons. The molecule has 1 N–H and O–H groups in total. The average molecular weight is 441 g/mol. The summed E-state index contributed by atoms with van der Waals surface area (Å²) in [6, 6.07) is 20.5. The van der Waals surface area contributed by atoms with Gasteiger partial charge in [0.1, 0.15) is 17.6 Å². The molecule has 0 saturated carbocycles. The minimum Gasteiger partial charge on any atom is -0.451 e. The summed E-state index contributed by atoms with van der Waals surface area (Å²) in [5.74, 6) is -1.22. The molecule has 0 saturated heterocycles. The van der Waals surface area contributed by atoms with Crippen LogP contribution in [-0.2, 0) is 20.9 Å². The van der Waals surface area contributed by atoms with Crippen molar-refractivity contribution in [1.82, 2.24) is 9.55 Å². The van der Waals surface area contributed by atoms with E-state index >= 15 is 0 Å². The summed E-state index contributed by atoms with van der Waals surface area (Å²) in [4.78, 5) is 41.9. The normalized spacial score (nSPS) is 12.2. The number of carbonyl (C=O) groups excluding carboxylic acids is 2. The number of ether oxygens (including phenoxy) is 1. The molecule has 2 heterocycles. The molecule has 3 aromatic carbocycles. The van der Waals surface area contributed by atoms with Crippen LogP contribution in [0.15, 0.2) is 82.3 Å². The van der Waals surface area contributed by atoms with Crippen molar-refractivity contribution in [2.75, 3.05) is 5.32 Å². The molecule has 2 aromatic heterocycles. The average Bonchev–Trinajstić information content (AvgIpc) is 3.20. The molecule has 1 atom stereocenters. The minimum atomic E-state index is -1.05. The van der Waals surface area contributed by atoms with Crippen LogP contribution >= 0.6 is 0 Å². The van der Waals surface area contributed by atoms with Crippen molar-refractivity contribution in [1.29, 1.82) is 0 Å². The third-order valence-corrected chi connectivity index (χ3v) is 5.34. The lowest BCUT2D eigenvalue weighted by atomic mass is 10.1. The van der Waals surface area contributed by atoms with Gasteiger partial charge in [0.2, 0.25) is 5.58 Å². The van der Waals surface area contributed by atoms with Crippen LogP contribution in [0, 0.1) is 0 Å². The predicted molar refractivity (Wildman–Crippen MR) is 124 cm³/mol. The minimum absolute atomic E-state index is 0.0635. The number of amides is 1. The van der Waals surface area contributed by atoms with E-state index in [0.717, 1.165) is 20.7 Å². The van der Waals surface area contributed by atoms with Gasteiger partial charge >= 0.3 is 5.97 Å². The van der Waals surface area contributed by atoms with Gasteiger partial charge < -0.3 is 14.5 Å². The highest BCUT2D eigenvalue weighted by Gasteiger charge is 2.20. The number of hydrogen-bond donors (Lipinski definition) is 1. The van der Waals surface area contributed by atoms with E-state index in [9.17, 15) is 14.4 Å². The molecule has 0 aliphatic rings. The second kappa shape index (κ2) is 8.23. The molecular formula is C25H19N3O5. The van der Waals surface area contributed by atoms with Gasteiger partial charge in [-0.3, -0.25) is 19.0 Å². The first-order valence-electron chi connectivity index (χ1n) is 10.4. The van der Waals surface area contributed by atoms with Gasteiger partial charge in [0.15, 0.2) is 6.10 Å². The van der Waals surface area contributed by atoms with Crippen LogP contribution in [0.2, 0.25) is 0 Å². The summed E-state index contributed by atoms with van der Waals surface area (Å²) in [6.07, 6.45) is 0.218. The van der Waals surface area contributed by atoms with E-state index in [2.05, 4.69) is 10.3 Å². The number of hydrogen-bond acceptors (Lipinski definition) is 6. The summed E-state index contributed by atoms with van der Waals surface area (Å²) in [5.41, 5.74) is 1.13. The summed E-state index contributed by atoms with van der Waals surface area (Å²) < 4.78 is 11.9. The number of nitrogens with zero attached hydrogens (tertiary/aromatic N) is 2. The van der Waals surface area contributed by atoms with Crippen molar-refractivity contribution < 1.29 is 18.7 Å². The lowest BCUT2D eigenvalue weighted by molar-refractivity contribution is -0.153. The molecule has 1 amide bonds. The largest absolute Gasteiger partial charge is 0.451 e.